The molecule has 1 aromatic heterocycles. The van der Waals surface area contributed by atoms with E-state index in [9.17, 15) is 4.79 Å². The highest BCUT2D eigenvalue weighted by molar-refractivity contribution is 5.85. The minimum Gasteiger partial charge on any atom is -0.492 e. The van der Waals surface area contributed by atoms with Crippen LogP contribution in [0.2, 0.25) is 0 Å². The number of piperidine rings is 1. The van der Waals surface area contributed by atoms with Crippen molar-refractivity contribution in [3.05, 3.63) is 41.5 Å². The third kappa shape index (κ3) is 2.66. The van der Waals surface area contributed by atoms with Gasteiger partial charge >= 0.3 is 0 Å². The van der Waals surface area contributed by atoms with Crippen molar-refractivity contribution >= 4 is 5.91 Å². The quantitative estimate of drug-likeness (QED) is 0.866. The van der Waals surface area contributed by atoms with Crippen molar-refractivity contribution in [1.82, 2.24) is 15.0 Å². The molecule has 24 heavy (non-hydrogen) atoms. The Morgan fingerprint density at radius 3 is 3.08 bits per heavy atom. The van der Waals surface area contributed by atoms with Crippen molar-refractivity contribution < 1.29 is 14.1 Å². The number of carbonyl (C=O) groups excluding carboxylic acids is 1. The summed E-state index contributed by atoms with van der Waals surface area (Å²) < 4.78 is 10.9. The molecule has 0 saturated carbocycles. The van der Waals surface area contributed by atoms with Crippen LogP contribution in [0.1, 0.15) is 48.9 Å². The smallest absolute Gasteiger partial charge is 0.233 e. The number of hydrogen-bond acceptors (Lipinski definition) is 5. The van der Waals surface area contributed by atoms with Gasteiger partial charge in [0.2, 0.25) is 11.8 Å². The van der Waals surface area contributed by atoms with Crippen LogP contribution in [0, 0.1) is 0 Å². The van der Waals surface area contributed by atoms with Crippen molar-refractivity contribution in [3.63, 3.8) is 0 Å². The van der Waals surface area contributed by atoms with Crippen molar-refractivity contribution in [2.75, 3.05) is 19.7 Å². The van der Waals surface area contributed by atoms with E-state index in [2.05, 4.69) is 10.1 Å². The molecular weight excluding hydrogens is 306 g/mol. The second kappa shape index (κ2) is 6.26. The summed E-state index contributed by atoms with van der Waals surface area (Å²) in [5, 5.41) is 4.09. The topological polar surface area (TPSA) is 68.5 Å². The molecule has 2 atom stereocenters. The Kier molecular flexibility index (Phi) is 3.96. The third-order valence-corrected chi connectivity index (χ3v) is 4.88. The van der Waals surface area contributed by atoms with Crippen molar-refractivity contribution in [1.29, 1.82) is 0 Å². The first-order valence-electron chi connectivity index (χ1n) is 8.59. The van der Waals surface area contributed by atoms with Crippen LogP contribution >= 0.6 is 0 Å². The van der Waals surface area contributed by atoms with Gasteiger partial charge in [0.05, 0.1) is 0 Å². The summed E-state index contributed by atoms with van der Waals surface area (Å²) in [5.41, 5.74) is 0.998. The van der Waals surface area contributed by atoms with Gasteiger partial charge in [-0.15, -0.1) is 0 Å². The van der Waals surface area contributed by atoms with Gasteiger partial charge in [-0.1, -0.05) is 30.3 Å². The number of likely N-dealkylation sites (tertiary alicyclic amines) is 1. The second-order valence-corrected chi connectivity index (χ2v) is 6.42. The molecule has 4 rings (SSSR count). The number of hydrogen-bond donors (Lipinski definition) is 0. The molecule has 1 aromatic carbocycles. The van der Waals surface area contributed by atoms with Gasteiger partial charge < -0.3 is 14.2 Å². The number of benzene rings is 1. The molecule has 6 nitrogen and oxygen atoms in total. The number of amides is 1. The summed E-state index contributed by atoms with van der Waals surface area (Å²) in [7, 11) is 0. The van der Waals surface area contributed by atoms with Gasteiger partial charge in [0.25, 0.3) is 0 Å². The highest BCUT2D eigenvalue weighted by Gasteiger charge is 2.36. The first-order chi connectivity index (χ1) is 11.8. The molecule has 1 saturated heterocycles. The molecule has 2 aromatic rings. The summed E-state index contributed by atoms with van der Waals surface area (Å²) in [4.78, 5) is 19.4. The highest BCUT2D eigenvalue weighted by atomic mass is 16.5. The van der Waals surface area contributed by atoms with Crippen LogP contribution in [0.3, 0.4) is 0 Å². The summed E-state index contributed by atoms with van der Waals surface area (Å²) in [5.74, 6) is 2.32. The predicted molar refractivity (Wildman–Crippen MR) is 86.9 cm³/mol. The zero-order chi connectivity index (χ0) is 16.5. The van der Waals surface area contributed by atoms with Crippen LogP contribution in [0.25, 0.3) is 0 Å². The van der Waals surface area contributed by atoms with E-state index in [1.165, 1.54) is 0 Å². The SMILES string of the molecule is CCc1nc([C@H]2CCCN(C(=O)[C@H]3COc4ccccc43)C2)no1. The van der Waals surface area contributed by atoms with Gasteiger partial charge in [0.15, 0.2) is 5.82 Å². The van der Waals surface area contributed by atoms with E-state index in [-0.39, 0.29) is 17.7 Å². The number of aromatic nitrogens is 2. The first-order valence-corrected chi connectivity index (χ1v) is 8.59. The molecule has 6 heteroatoms. The van der Waals surface area contributed by atoms with Crippen LogP contribution in [0.15, 0.2) is 28.8 Å². The lowest BCUT2D eigenvalue weighted by atomic mass is 9.94. The molecule has 2 aliphatic heterocycles. The van der Waals surface area contributed by atoms with Gasteiger partial charge in [0.1, 0.15) is 18.3 Å². The molecule has 0 aliphatic carbocycles. The molecule has 126 valence electrons. The van der Waals surface area contributed by atoms with Gasteiger partial charge in [0, 0.05) is 31.0 Å². The number of para-hydroxylation sites is 1. The highest BCUT2D eigenvalue weighted by Crippen LogP contribution is 2.36. The van der Waals surface area contributed by atoms with Gasteiger partial charge in [-0.2, -0.15) is 4.98 Å². The van der Waals surface area contributed by atoms with Crippen molar-refractivity contribution in [3.8, 4) is 5.75 Å². The first kappa shape index (κ1) is 15.2. The lowest BCUT2D eigenvalue weighted by Gasteiger charge is -2.32. The minimum atomic E-state index is -0.198. The van der Waals surface area contributed by atoms with Crippen LogP contribution in [0.5, 0.6) is 5.75 Å². The van der Waals surface area contributed by atoms with E-state index in [4.69, 9.17) is 9.26 Å². The number of ether oxygens (including phenoxy) is 1. The maximum absolute atomic E-state index is 13.0. The van der Waals surface area contributed by atoms with Crippen molar-refractivity contribution in [2.45, 2.75) is 38.0 Å². The van der Waals surface area contributed by atoms with Crippen molar-refractivity contribution in [2.24, 2.45) is 0 Å². The zero-order valence-corrected chi connectivity index (χ0v) is 13.8. The Morgan fingerprint density at radius 1 is 1.38 bits per heavy atom. The number of fused-ring (bicyclic) bond motifs is 1. The lowest BCUT2D eigenvalue weighted by Crippen LogP contribution is -2.42. The zero-order valence-electron chi connectivity index (χ0n) is 13.8. The molecule has 0 spiro atoms. The fraction of sp³-hybridized carbons (Fsp3) is 0.500. The minimum absolute atomic E-state index is 0.142. The van der Waals surface area contributed by atoms with E-state index < -0.39 is 0 Å². The van der Waals surface area contributed by atoms with Crippen LogP contribution in [0.4, 0.5) is 0 Å². The Labute approximate surface area is 140 Å². The average Bonchev–Trinajstić information content (AvgIpc) is 3.28. The largest absolute Gasteiger partial charge is 0.492 e. The Morgan fingerprint density at radius 2 is 2.25 bits per heavy atom. The molecule has 0 unspecified atom stereocenters. The van der Waals surface area contributed by atoms with Crippen LogP contribution in [-0.4, -0.2) is 40.6 Å². The molecule has 3 heterocycles. The number of aryl methyl sites for hydroxylation is 1. The van der Waals surface area contributed by atoms with E-state index in [0.717, 1.165) is 42.9 Å². The third-order valence-electron chi connectivity index (χ3n) is 4.88. The average molecular weight is 327 g/mol. The number of nitrogens with zero attached hydrogens (tertiary/aromatic N) is 3. The number of rotatable bonds is 3. The normalized spacial score (nSPS) is 23.0. The molecule has 0 radical (unpaired) electrons. The summed E-state index contributed by atoms with van der Waals surface area (Å²) in [6.07, 6.45) is 2.68. The lowest BCUT2D eigenvalue weighted by molar-refractivity contribution is -0.134. The van der Waals surface area contributed by atoms with E-state index in [0.29, 0.717) is 19.0 Å². The fourth-order valence-corrected chi connectivity index (χ4v) is 3.55. The molecule has 0 bridgehead atoms. The van der Waals surface area contributed by atoms with E-state index >= 15 is 0 Å². The fourth-order valence-electron chi connectivity index (χ4n) is 3.55. The summed E-state index contributed by atoms with van der Waals surface area (Å²) in [6.45, 7) is 3.86. The second-order valence-electron chi connectivity index (χ2n) is 6.42. The van der Waals surface area contributed by atoms with Gasteiger partial charge in [-0.3, -0.25) is 4.79 Å². The Hall–Kier alpha value is -2.37. The van der Waals surface area contributed by atoms with E-state index in [1.807, 2.05) is 36.1 Å². The summed E-state index contributed by atoms with van der Waals surface area (Å²) in [6, 6.07) is 7.80. The predicted octanol–water partition coefficient (Wildman–Crippen LogP) is 2.51. The van der Waals surface area contributed by atoms with Gasteiger partial charge in [-0.05, 0) is 18.9 Å². The Bertz CT molecular complexity index is 743. The number of carbonyl (C=O) groups is 1. The van der Waals surface area contributed by atoms with Crippen LogP contribution < -0.4 is 4.74 Å². The molecule has 0 N–H and O–H groups in total. The molecule has 1 amide bonds. The standard InChI is InChI=1S/C18H21N3O3/c1-2-16-19-17(20-24-16)12-6-5-9-21(10-12)18(22)14-11-23-15-8-4-3-7-13(14)15/h3-4,7-8,12,14H,2,5-6,9-11H2,1H3/t12-,14-/m0/s1. The Balaban J connectivity index is 1.49. The maximum atomic E-state index is 13.0. The molecule has 1 fully saturated rings. The monoisotopic (exact) mass is 327 g/mol. The van der Waals surface area contributed by atoms with E-state index in [1.54, 1.807) is 0 Å². The maximum Gasteiger partial charge on any atom is 0.233 e. The van der Waals surface area contributed by atoms with Gasteiger partial charge in [-0.25, -0.2) is 0 Å². The molecule has 2 aliphatic rings. The molecular formula is C18H21N3O3. The van der Waals surface area contributed by atoms with Crippen LogP contribution in [-0.2, 0) is 11.2 Å². The summed E-state index contributed by atoms with van der Waals surface area (Å²) >= 11 is 0.